The molecule has 0 saturated carbocycles. The summed E-state index contributed by atoms with van der Waals surface area (Å²) in [5.74, 6) is 0.327. The molecule has 2 aromatic rings. The second kappa shape index (κ2) is 6.78. The van der Waals surface area contributed by atoms with Gasteiger partial charge >= 0.3 is 0 Å². The standard InChI is InChI=1S/C18H21ClN4O2/c1-22-7-6-20-17(22)18(24)21-14-8-15-11-25-16(10-23(15)9-14)12-2-4-13(19)5-3-12/h2-7,14-16H,8-11H2,1H3,(H,21,24)/t14-,15+,16-/m1/s1. The van der Waals surface area contributed by atoms with Crippen molar-refractivity contribution < 1.29 is 9.53 Å². The Morgan fingerprint density at radius 1 is 1.32 bits per heavy atom. The molecule has 132 valence electrons. The van der Waals surface area contributed by atoms with Crippen molar-refractivity contribution in [2.24, 2.45) is 7.05 Å². The number of nitrogens with zero attached hydrogens (tertiary/aromatic N) is 3. The lowest BCUT2D eigenvalue weighted by atomic mass is 10.1. The van der Waals surface area contributed by atoms with E-state index in [9.17, 15) is 4.79 Å². The zero-order valence-corrected chi connectivity index (χ0v) is 14.8. The van der Waals surface area contributed by atoms with Crippen LogP contribution in [0.1, 0.15) is 28.7 Å². The van der Waals surface area contributed by atoms with Crippen LogP contribution in [0.4, 0.5) is 0 Å². The van der Waals surface area contributed by atoms with Gasteiger partial charge in [0.05, 0.1) is 12.7 Å². The Labute approximate surface area is 151 Å². The Kier molecular flexibility index (Phi) is 4.50. The van der Waals surface area contributed by atoms with Crippen LogP contribution in [0.2, 0.25) is 5.02 Å². The van der Waals surface area contributed by atoms with Gasteiger partial charge in [-0.1, -0.05) is 23.7 Å². The van der Waals surface area contributed by atoms with Crippen molar-refractivity contribution in [2.75, 3.05) is 19.7 Å². The Morgan fingerprint density at radius 3 is 2.84 bits per heavy atom. The van der Waals surface area contributed by atoms with Gasteiger partial charge in [0.1, 0.15) is 0 Å². The molecule has 0 aliphatic carbocycles. The molecule has 4 rings (SSSR count). The van der Waals surface area contributed by atoms with E-state index in [1.807, 2.05) is 31.3 Å². The SMILES string of the molecule is Cn1ccnc1C(=O)N[C@@H]1C[C@H]2CO[C@@H](c3ccc(Cl)cc3)CN2C1. The molecule has 3 heterocycles. The van der Waals surface area contributed by atoms with Crippen molar-refractivity contribution >= 4 is 17.5 Å². The number of benzene rings is 1. The first-order valence-electron chi connectivity index (χ1n) is 8.49. The van der Waals surface area contributed by atoms with Crippen molar-refractivity contribution in [3.63, 3.8) is 0 Å². The number of halogens is 1. The molecule has 1 aromatic heterocycles. The molecule has 2 aliphatic rings. The van der Waals surface area contributed by atoms with Crippen LogP contribution in [0.5, 0.6) is 0 Å². The maximum absolute atomic E-state index is 12.3. The van der Waals surface area contributed by atoms with Gasteiger partial charge in [-0.3, -0.25) is 9.69 Å². The summed E-state index contributed by atoms with van der Waals surface area (Å²) in [5, 5.41) is 3.84. The smallest absolute Gasteiger partial charge is 0.287 e. The molecule has 0 unspecified atom stereocenters. The van der Waals surface area contributed by atoms with Gasteiger partial charge < -0.3 is 14.6 Å². The molecule has 2 saturated heterocycles. The van der Waals surface area contributed by atoms with Crippen molar-refractivity contribution in [2.45, 2.75) is 24.6 Å². The Morgan fingerprint density at radius 2 is 2.12 bits per heavy atom. The third-order valence-corrected chi connectivity index (χ3v) is 5.27. The number of carbonyl (C=O) groups is 1. The molecule has 25 heavy (non-hydrogen) atoms. The summed E-state index contributed by atoms with van der Waals surface area (Å²) in [7, 11) is 1.82. The Balaban J connectivity index is 1.38. The van der Waals surface area contributed by atoms with Crippen LogP contribution < -0.4 is 5.32 Å². The number of rotatable bonds is 3. The van der Waals surface area contributed by atoms with E-state index < -0.39 is 0 Å². The lowest BCUT2D eigenvalue weighted by Gasteiger charge is -2.35. The van der Waals surface area contributed by atoms with Crippen LogP contribution in [0.3, 0.4) is 0 Å². The van der Waals surface area contributed by atoms with E-state index >= 15 is 0 Å². The maximum atomic E-state index is 12.3. The number of amides is 1. The monoisotopic (exact) mass is 360 g/mol. The van der Waals surface area contributed by atoms with E-state index in [1.165, 1.54) is 0 Å². The number of nitrogens with one attached hydrogen (secondary N) is 1. The van der Waals surface area contributed by atoms with Gasteiger partial charge in [-0.05, 0) is 24.1 Å². The molecule has 1 aromatic carbocycles. The van der Waals surface area contributed by atoms with Gasteiger partial charge in [-0.25, -0.2) is 4.98 Å². The molecule has 0 bridgehead atoms. The van der Waals surface area contributed by atoms with Gasteiger partial charge in [0.2, 0.25) is 0 Å². The van der Waals surface area contributed by atoms with E-state index in [2.05, 4.69) is 15.2 Å². The predicted octanol–water partition coefficient (Wildman–Crippen LogP) is 2.02. The number of imidazole rings is 1. The van der Waals surface area contributed by atoms with Crippen molar-refractivity contribution in [1.29, 1.82) is 0 Å². The number of hydrogen-bond acceptors (Lipinski definition) is 4. The zero-order valence-electron chi connectivity index (χ0n) is 14.1. The molecule has 7 heteroatoms. The second-order valence-electron chi connectivity index (χ2n) is 6.75. The van der Waals surface area contributed by atoms with Gasteiger partial charge in [-0.2, -0.15) is 0 Å². The topological polar surface area (TPSA) is 59.4 Å². The van der Waals surface area contributed by atoms with Crippen LogP contribution in [0.25, 0.3) is 0 Å². The molecule has 0 radical (unpaired) electrons. The maximum Gasteiger partial charge on any atom is 0.287 e. The Bertz CT molecular complexity index is 761. The molecule has 3 atom stereocenters. The summed E-state index contributed by atoms with van der Waals surface area (Å²) in [4.78, 5) is 18.9. The third-order valence-electron chi connectivity index (χ3n) is 5.02. The molecule has 6 nitrogen and oxygen atoms in total. The van der Waals surface area contributed by atoms with E-state index in [1.54, 1.807) is 17.0 Å². The minimum Gasteiger partial charge on any atom is -0.371 e. The predicted molar refractivity (Wildman–Crippen MR) is 94.6 cm³/mol. The summed E-state index contributed by atoms with van der Waals surface area (Å²) in [5.41, 5.74) is 1.14. The number of morpholine rings is 1. The van der Waals surface area contributed by atoms with Crippen molar-refractivity contribution in [1.82, 2.24) is 19.8 Å². The summed E-state index contributed by atoms with van der Waals surface area (Å²) in [6.07, 6.45) is 4.37. The summed E-state index contributed by atoms with van der Waals surface area (Å²) in [6.45, 7) is 2.36. The highest BCUT2D eigenvalue weighted by molar-refractivity contribution is 6.30. The minimum atomic E-state index is -0.118. The summed E-state index contributed by atoms with van der Waals surface area (Å²) in [6, 6.07) is 8.31. The number of aryl methyl sites for hydroxylation is 1. The molecular formula is C18H21ClN4O2. The molecule has 2 fully saturated rings. The molecule has 1 amide bonds. The summed E-state index contributed by atoms with van der Waals surface area (Å²) < 4.78 is 7.78. The molecule has 2 aliphatic heterocycles. The molecule has 1 N–H and O–H groups in total. The van der Waals surface area contributed by atoms with Gasteiger partial charge in [0.15, 0.2) is 5.82 Å². The summed E-state index contributed by atoms with van der Waals surface area (Å²) >= 11 is 5.96. The number of fused-ring (bicyclic) bond motifs is 1. The average Bonchev–Trinajstić information content (AvgIpc) is 3.20. The number of aromatic nitrogens is 2. The molecular weight excluding hydrogens is 340 g/mol. The van der Waals surface area contributed by atoms with Crippen molar-refractivity contribution in [3.05, 3.63) is 53.1 Å². The number of carbonyl (C=O) groups excluding carboxylic acids is 1. The van der Waals surface area contributed by atoms with Gasteiger partial charge in [-0.15, -0.1) is 0 Å². The number of hydrogen-bond donors (Lipinski definition) is 1. The highest BCUT2D eigenvalue weighted by Gasteiger charge is 2.38. The van der Waals surface area contributed by atoms with Gasteiger partial charge in [0.25, 0.3) is 5.91 Å². The highest BCUT2D eigenvalue weighted by Crippen LogP contribution is 2.30. The first kappa shape index (κ1) is 16.6. The third kappa shape index (κ3) is 3.42. The molecule has 0 spiro atoms. The van der Waals surface area contributed by atoms with Crippen LogP contribution in [0.15, 0.2) is 36.7 Å². The van der Waals surface area contributed by atoms with Gasteiger partial charge in [0, 0.05) is 49.6 Å². The fraction of sp³-hybridized carbons (Fsp3) is 0.444. The highest BCUT2D eigenvalue weighted by atomic mass is 35.5. The lowest BCUT2D eigenvalue weighted by molar-refractivity contribution is -0.0502. The van der Waals surface area contributed by atoms with E-state index in [0.717, 1.165) is 30.1 Å². The minimum absolute atomic E-state index is 0.0532. The largest absolute Gasteiger partial charge is 0.371 e. The lowest BCUT2D eigenvalue weighted by Crippen LogP contribution is -2.43. The van der Waals surface area contributed by atoms with Crippen LogP contribution >= 0.6 is 11.6 Å². The van der Waals surface area contributed by atoms with E-state index in [4.69, 9.17) is 16.3 Å². The van der Waals surface area contributed by atoms with E-state index in [-0.39, 0.29) is 18.1 Å². The first-order chi connectivity index (χ1) is 12.1. The fourth-order valence-corrected chi connectivity index (χ4v) is 3.82. The van der Waals surface area contributed by atoms with E-state index in [0.29, 0.717) is 18.5 Å². The average molecular weight is 361 g/mol. The fourth-order valence-electron chi connectivity index (χ4n) is 3.69. The van der Waals surface area contributed by atoms with Crippen LogP contribution in [0, 0.1) is 0 Å². The Hall–Kier alpha value is -1.89. The van der Waals surface area contributed by atoms with Crippen LogP contribution in [-0.2, 0) is 11.8 Å². The normalized spacial score (nSPS) is 26.4. The zero-order chi connectivity index (χ0) is 17.4. The number of ether oxygens (including phenoxy) is 1. The quantitative estimate of drug-likeness (QED) is 0.909. The second-order valence-corrected chi connectivity index (χ2v) is 7.19. The first-order valence-corrected chi connectivity index (χ1v) is 8.87. The van der Waals surface area contributed by atoms with Crippen molar-refractivity contribution in [3.8, 4) is 0 Å². The van der Waals surface area contributed by atoms with Crippen LogP contribution in [-0.4, -0.2) is 52.1 Å².